The third-order valence-electron chi connectivity index (χ3n) is 2.16. The second-order valence-electron chi connectivity index (χ2n) is 3.59. The second-order valence-corrected chi connectivity index (χ2v) is 3.59. The van der Waals surface area contributed by atoms with Crippen LogP contribution in [0.15, 0.2) is 24.3 Å². The molecule has 3 heteroatoms. The minimum Gasteiger partial charge on any atom is -0.490 e. The molecule has 0 bridgehead atoms. The van der Waals surface area contributed by atoms with Crippen LogP contribution in [0.1, 0.15) is 18.4 Å². The van der Waals surface area contributed by atoms with E-state index in [1.165, 1.54) is 7.11 Å². The van der Waals surface area contributed by atoms with Crippen LogP contribution in [-0.2, 0) is 9.53 Å². The zero-order chi connectivity index (χ0) is 11.4. The van der Waals surface area contributed by atoms with Gasteiger partial charge in [-0.25, -0.2) is 4.79 Å². The Morgan fingerprint density at radius 2 is 2.25 bits per heavy atom. The highest BCUT2D eigenvalue weighted by molar-refractivity contribution is 5.89. The molecule has 0 unspecified atom stereocenters. The van der Waals surface area contributed by atoms with Crippen LogP contribution in [0, 0.1) is 11.8 Å². The molecule has 0 aliphatic heterocycles. The standard InChI is InChI=1S/C13H12O3/c1-15-13(14)8-5-10-3-2-4-12(9-10)16-11-6-7-11/h2-4,9,11H,6-7H2,1H3. The highest BCUT2D eigenvalue weighted by Crippen LogP contribution is 2.26. The summed E-state index contributed by atoms with van der Waals surface area (Å²) in [7, 11) is 1.31. The van der Waals surface area contributed by atoms with Gasteiger partial charge in [-0.1, -0.05) is 12.0 Å². The van der Waals surface area contributed by atoms with Crippen LogP contribution in [0.2, 0.25) is 0 Å². The molecule has 0 amide bonds. The fourth-order valence-electron chi connectivity index (χ4n) is 1.20. The Morgan fingerprint density at radius 1 is 1.44 bits per heavy atom. The molecule has 0 spiro atoms. The predicted molar refractivity (Wildman–Crippen MR) is 59.0 cm³/mol. The van der Waals surface area contributed by atoms with Crippen molar-refractivity contribution in [1.82, 2.24) is 0 Å². The predicted octanol–water partition coefficient (Wildman–Crippen LogP) is 1.75. The molecule has 0 atom stereocenters. The minimum atomic E-state index is -0.534. The average Bonchev–Trinajstić information content (AvgIpc) is 3.10. The van der Waals surface area contributed by atoms with Gasteiger partial charge in [0.2, 0.25) is 0 Å². The summed E-state index contributed by atoms with van der Waals surface area (Å²) in [5.74, 6) is 5.37. The molecule has 3 nitrogen and oxygen atoms in total. The van der Waals surface area contributed by atoms with Crippen LogP contribution < -0.4 is 4.74 Å². The fraction of sp³-hybridized carbons (Fsp3) is 0.308. The van der Waals surface area contributed by atoms with E-state index in [0.29, 0.717) is 6.10 Å². The summed E-state index contributed by atoms with van der Waals surface area (Å²) in [6.45, 7) is 0. The van der Waals surface area contributed by atoms with Crippen molar-refractivity contribution in [1.29, 1.82) is 0 Å². The van der Waals surface area contributed by atoms with Crippen molar-refractivity contribution in [2.75, 3.05) is 7.11 Å². The first-order chi connectivity index (χ1) is 7.78. The number of rotatable bonds is 2. The van der Waals surface area contributed by atoms with Crippen molar-refractivity contribution in [3.05, 3.63) is 29.8 Å². The van der Waals surface area contributed by atoms with Crippen molar-refractivity contribution >= 4 is 5.97 Å². The average molecular weight is 216 g/mol. The molecule has 2 rings (SSSR count). The van der Waals surface area contributed by atoms with Crippen molar-refractivity contribution in [3.8, 4) is 17.6 Å². The van der Waals surface area contributed by atoms with Crippen LogP contribution in [0.5, 0.6) is 5.75 Å². The first-order valence-corrected chi connectivity index (χ1v) is 5.14. The van der Waals surface area contributed by atoms with Crippen molar-refractivity contribution in [2.45, 2.75) is 18.9 Å². The van der Waals surface area contributed by atoms with Crippen LogP contribution in [0.4, 0.5) is 0 Å². The van der Waals surface area contributed by atoms with Crippen molar-refractivity contribution in [2.24, 2.45) is 0 Å². The topological polar surface area (TPSA) is 35.5 Å². The molecule has 82 valence electrons. The lowest BCUT2D eigenvalue weighted by molar-refractivity contribution is -0.133. The molecule has 16 heavy (non-hydrogen) atoms. The molecular formula is C13H12O3. The van der Waals surface area contributed by atoms with E-state index in [1.54, 1.807) is 0 Å². The first kappa shape index (κ1) is 10.6. The van der Waals surface area contributed by atoms with Gasteiger partial charge in [-0.15, -0.1) is 0 Å². The first-order valence-electron chi connectivity index (χ1n) is 5.14. The quantitative estimate of drug-likeness (QED) is 0.558. The molecule has 0 aromatic heterocycles. The molecule has 0 N–H and O–H groups in total. The Kier molecular flexibility index (Phi) is 3.11. The highest BCUT2D eigenvalue weighted by atomic mass is 16.5. The maximum atomic E-state index is 10.8. The van der Waals surface area contributed by atoms with Gasteiger partial charge in [-0.3, -0.25) is 0 Å². The van der Waals surface area contributed by atoms with Gasteiger partial charge in [0, 0.05) is 11.5 Å². The molecule has 0 saturated heterocycles. The van der Waals surface area contributed by atoms with E-state index in [-0.39, 0.29) is 0 Å². The summed E-state index contributed by atoms with van der Waals surface area (Å²) in [5.41, 5.74) is 0.753. The third-order valence-corrected chi connectivity index (χ3v) is 2.16. The lowest BCUT2D eigenvalue weighted by Gasteiger charge is -2.03. The molecule has 1 aromatic carbocycles. The molecule has 1 aliphatic carbocycles. The van der Waals surface area contributed by atoms with Gasteiger partial charge in [0.05, 0.1) is 13.2 Å². The van der Waals surface area contributed by atoms with E-state index in [9.17, 15) is 4.79 Å². The van der Waals surface area contributed by atoms with Gasteiger partial charge >= 0.3 is 5.97 Å². The Balaban J connectivity index is 2.07. The number of esters is 1. The van der Waals surface area contributed by atoms with E-state index >= 15 is 0 Å². The zero-order valence-electron chi connectivity index (χ0n) is 9.03. The van der Waals surface area contributed by atoms with Gasteiger partial charge in [0.1, 0.15) is 5.75 Å². The second kappa shape index (κ2) is 4.71. The molecule has 0 radical (unpaired) electrons. The number of hydrogen-bond acceptors (Lipinski definition) is 3. The normalized spacial score (nSPS) is 13.6. The number of benzene rings is 1. The Bertz CT molecular complexity index is 450. The maximum Gasteiger partial charge on any atom is 0.384 e. The van der Waals surface area contributed by atoms with Crippen molar-refractivity contribution < 1.29 is 14.3 Å². The number of carbonyl (C=O) groups excluding carboxylic acids is 1. The van der Waals surface area contributed by atoms with E-state index < -0.39 is 5.97 Å². The van der Waals surface area contributed by atoms with Crippen molar-refractivity contribution in [3.63, 3.8) is 0 Å². The Labute approximate surface area is 94.4 Å². The van der Waals surface area contributed by atoms with Crippen LogP contribution in [0.3, 0.4) is 0 Å². The SMILES string of the molecule is COC(=O)C#Cc1cccc(OC2CC2)c1. The number of carbonyl (C=O) groups is 1. The summed E-state index contributed by atoms with van der Waals surface area (Å²) < 4.78 is 10.0. The number of ether oxygens (including phenoxy) is 2. The van der Waals surface area contributed by atoms with Crippen LogP contribution in [0.25, 0.3) is 0 Å². The summed E-state index contributed by atoms with van der Waals surface area (Å²) in [4.78, 5) is 10.8. The highest BCUT2D eigenvalue weighted by Gasteiger charge is 2.23. The fourth-order valence-corrected chi connectivity index (χ4v) is 1.20. The summed E-state index contributed by atoms with van der Waals surface area (Å²) in [6, 6.07) is 7.41. The van der Waals surface area contributed by atoms with Crippen LogP contribution in [-0.4, -0.2) is 19.2 Å². The van der Waals surface area contributed by atoms with Gasteiger partial charge in [-0.05, 0) is 31.0 Å². The van der Waals surface area contributed by atoms with E-state index in [0.717, 1.165) is 24.2 Å². The number of methoxy groups -OCH3 is 1. The molecule has 1 aromatic rings. The molecular weight excluding hydrogens is 204 g/mol. The summed E-state index contributed by atoms with van der Waals surface area (Å²) in [5, 5.41) is 0. The maximum absolute atomic E-state index is 10.8. The van der Waals surface area contributed by atoms with E-state index in [1.807, 2.05) is 24.3 Å². The third kappa shape index (κ3) is 3.03. The monoisotopic (exact) mass is 216 g/mol. The molecule has 0 heterocycles. The Morgan fingerprint density at radius 3 is 2.94 bits per heavy atom. The number of hydrogen-bond donors (Lipinski definition) is 0. The zero-order valence-corrected chi connectivity index (χ0v) is 9.03. The van der Waals surface area contributed by atoms with Crippen LogP contribution >= 0.6 is 0 Å². The molecule has 1 aliphatic rings. The summed E-state index contributed by atoms with van der Waals surface area (Å²) in [6.07, 6.45) is 2.61. The smallest absolute Gasteiger partial charge is 0.384 e. The Hall–Kier alpha value is -1.95. The van der Waals surface area contributed by atoms with E-state index in [2.05, 4.69) is 16.6 Å². The van der Waals surface area contributed by atoms with Gasteiger partial charge in [0.25, 0.3) is 0 Å². The minimum absolute atomic E-state index is 0.365. The molecule has 1 fully saturated rings. The lowest BCUT2D eigenvalue weighted by atomic mass is 10.2. The summed E-state index contributed by atoms with van der Waals surface area (Å²) >= 11 is 0. The van der Waals surface area contributed by atoms with E-state index in [4.69, 9.17) is 4.74 Å². The molecule has 1 saturated carbocycles. The van der Waals surface area contributed by atoms with Gasteiger partial charge in [0.15, 0.2) is 0 Å². The van der Waals surface area contributed by atoms with Gasteiger partial charge < -0.3 is 9.47 Å². The van der Waals surface area contributed by atoms with Gasteiger partial charge in [-0.2, -0.15) is 0 Å². The lowest BCUT2D eigenvalue weighted by Crippen LogP contribution is -1.96. The largest absolute Gasteiger partial charge is 0.490 e.